The normalized spacial score (nSPS) is 14.6. The molecule has 3 aliphatic rings. The Morgan fingerprint density at radius 2 is 0.603 bits per heavy atom. The van der Waals surface area contributed by atoms with Gasteiger partial charge in [0.05, 0.1) is 16.8 Å². The van der Waals surface area contributed by atoms with Crippen LogP contribution in [0.2, 0.25) is 0 Å². The zero-order valence-electron chi connectivity index (χ0n) is 45.2. The lowest BCUT2D eigenvalue weighted by molar-refractivity contribution is 0.660. The molecule has 0 radical (unpaired) electrons. The monoisotopic (exact) mass is 1000 g/mol. The third kappa shape index (κ3) is 7.18. The molecule has 0 fully saturated rings. The quantitative estimate of drug-likeness (QED) is 0.143. The zero-order valence-corrected chi connectivity index (χ0v) is 45.2. The molecule has 0 saturated heterocycles. The molecule has 3 nitrogen and oxygen atoms in total. The van der Waals surface area contributed by atoms with Gasteiger partial charge in [0.2, 0.25) is 0 Å². The summed E-state index contributed by atoms with van der Waals surface area (Å²) >= 11 is 0. The number of para-hydroxylation sites is 3. The summed E-state index contributed by atoms with van der Waals surface area (Å²) in [4.78, 5) is 7.32. The Bertz CT molecular complexity index is 3840. The van der Waals surface area contributed by atoms with Gasteiger partial charge in [0, 0.05) is 50.6 Å². The van der Waals surface area contributed by atoms with Crippen LogP contribution in [0.3, 0.4) is 0 Å². The second-order valence-corrected chi connectivity index (χ2v) is 22.7. The molecule has 78 heavy (non-hydrogen) atoms. The molecule has 2 aliphatic carbocycles. The number of nitrogens with zero attached hydrogens (tertiary/aromatic N) is 3. The standard InChI is InChI=1S/C75H61N3/c1-50-28-36-55(37-29-50)76(59-44-46-63-61-20-10-12-22-65(61)73(3,4)69(63)48-59)57-40-32-52(33-41-57)75(67-24-14-16-26-71(67)78(54-18-8-7-9-19-54)72-27-17-15-25-68(72)75)53-34-42-58(43-35-53)77(56-38-30-51(2)31-39-56)60-45-47-64-62-21-11-13-23-66(62)74(5,6)70(64)49-60/h7-49H,1-6H3. The van der Waals surface area contributed by atoms with Crippen molar-refractivity contribution in [2.24, 2.45) is 0 Å². The molecule has 14 rings (SSSR count). The van der Waals surface area contributed by atoms with E-state index in [2.05, 4.69) is 317 Å². The molecule has 1 heterocycles. The molecule has 3 heteroatoms. The second-order valence-electron chi connectivity index (χ2n) is 22.7. The summed E-state index contributed by atoms with van der Waals surface area (Å²) in [5, 5.41) is 0. The number of aryl methyl sites for hydroxylation is 2. The van der Waals surface area contributed by atoms with Gasteiger partial charge in [0.25, 0.3) is 0 Å². The molecule has 0 atom stereocenters. The summed E-state index contributed by atoms with van der Waals surface area (Å²) in [6.45, 7) is 13.8. The summed E-state index contributed by atoms with van der Waals surface area (Å²) in [5.41, 5.74) is 27.2. The van der Waals surface area contributed by atoms with Gasteiger partial charge in [-0.3, -0.25) is 0 Å². The minimum Gasteiger partial charge on any atom is -0.310 e. The number of fused-ring (bicyclic) bond motifs is 8. The fourth-order valence-corrected chi connectivity index (χ4v) is 13.6. The van der Waals surface area contributed by atoms with Crippen molar-refractivity contribution in [2.45, 2.75) is 57.8 Å². The van der Waals surface area contributed by atoms with Crippen molar-refractivity contribution in [3.8, 4) is 22.3 Å². The van der Waals surface area contributed by atoms with E-state index in [1.54, 1.807) is 0 Å². The summed E-state index contributed by atoms with van der Waals surface area (Å²) < 4.78 is 0. The summed E-state index contributed by atoms with van der Waals surface area (Å²) in [6, 6.07) is 97.8. The fourth-order valence-electron chi connectivity index (χ4n) is 13.6. The van der Waals surface area contributed by atoms with Crippen molar-refractivity contribution in [3.05, 3.63) is 316 Å². The highest BCUT2D eigenvalue weighted by Crippen LogP contribution is 2.59. The molecule has 11 aromatic carbocycles. The van der Waals surface area contributed by atoms with Crippen molar-refractivity contribution >= 4 is 51.2 Å². The Morgan fingerprint density at radius 1 is 0.282 bits per heavy atom. The second kappa shape index (κ2) is 18.0. The van der Waals surface area contributed by atoms with E-state index in [0.717, 1.165) is 51.2 Å². The average molecular weight is 1000 g/mol. The maximum atomic E-state index is 2.45. The Hall–Kier alpha value is -9.18. The van der Waals surface area contributed by atoms with Crippen LogP contribution in [0, 0.1) is 13.8 Å². The number of anilines is 9. The van der Waals surface area contributed by atoms with Gasteiger partial charge in [-0.1, -0.05) is 203 Å². The summed E-state index contributed by atoms with van der Waals surface area (Å²) in [7, 11) is 0. The first-order valence-corrected chi connectivity index (χ1v) is 27.5. The van der Waals surface area contributed by atoms with Gasteiger partial charge >= 0.3 is 0 Å². The molecule has 0 N–H and O–H groups in total. The van der Waals surface area contributed by atoms with Crippen molar-refractivity contribution < 1.29 is 0 Å². The molecule has 11 aromatic rings. The van der Waals surface area contributed by atoms with E-state index in [9.17, 15) is 0 Å². The largest absolute Gasteiger partial charge is 0.310 e. The van der Waals surface area contributed by atoms with E-state index < -0.39 is 5.41 Å². The number of hydrogen-bond acceptors (Lipinski definition) is 3. The van der Waals surface area contributed by atoms with E-state index in [0.29, 0.717) is 0 Å². The maximum absolute atomic E-state index is 2.45. The Kier molecular flexibility index (Phi) is 10.9. The summed E-state index contributed by atoms with van der Waals surface area (Å²) in [5.74, 6) is 0. The molecule has 376 valence electrons. The molecule has 0 amide bonds. The fraction of sp³-hybridized carbons (Fsp3) is 0.120. The first-order chi connectivity index (χ1) is 38.0. The first-order valence-electron chi connectivity index (χ1n) is 27.5. The van der Waals surface area contributed by atoms with Crippen LogP contribution >= 0.6 is 0 Å². The third-order valence-electron chi connectivity index (χ3n) is 17.5. The lowest BCUT2D eigenvalue weighted by Gasteiger charge is -2.46. The lowest BCUT2D eigenvalue weighted by atomic mass is 9.62. The van der Waals surface area contributed by atoms with Gasteiger partial charge in [0.1, 0.15) is 0 Å². The molecule has 0 aromatic heterocycles. The molecular formula is C75H61N3. The van der Waals surface area contributed by atoms with Crippen LogP contribution in [0.25, 0.3) is 22.3 Å². The van der Waals surface area contributed by atoms with Crippen molar-refractivity contribution in [1.82, 2.24) is 0 Å². The minimum absolute atomic E-state index is 0.135. The molecular weight excluding hydrogens is 943 g/mol. The van der Waals surface area contributed by atoms with E-state index in [1.807, 2.05) is 0 Å². The topological polar surface area (TPSA) is 9.72 Å². The molecule has 0 unspecified atom stereocenters. The van der Waals surface area contributed by atoms with Gasteiger partial charge in [-0.25, -0.2) is 0 Å². The predicted molar refractivity (Wildman–Crippen MR) is 327 cm³/mol. The van der Waals surface area contributed by atoms with Gasteiger partial charge < -0.3 is 14.7 Å². The molecule has 0 spiro atoms. The average Bonchev–Trinajstić information content (AvgIpc) is 3.46. The van der Waals surface area contributed by atoms with E-state index in [-0.39, 0.29) is 10.8 Å². The highest BCUT2D eigenvalue weighted by atomic mass is 15.2. The zero-order chi connectivity index (χ0) is 52.9. The molecule has 1 aliphatic heterocycles. The first kappa shape index (κ1) is 47.3. The number of benzene rings is 11. The Balaban J connectivity index is 0.951. The number of hydrogen-bond donors (Lipinski definition) is 0. The van der Waals surface area contributed by atoms with Gasteiger partial charge in [-0.15, -0.1) is 0 Å². The van der Waals surface area contributed by atoms with Crippen LogP contribution in [-0.4, -0.2) is 0 Å². The number of rotatable bonds is 9. The van der Waals surface area contributed by atoms with Crippen LogP contribution in [0.5, 0.6) is 0 Å². The van der Waals surface area contributed by atoms with Gasteiger partial charge in [0.15, 0.2) is 0 Å². The third-order valence-corrected chi connectivity index (χ3v) is 17.5. The predicted octanol–water partition coefficient (Wildman–Crippen LogP) is 20.0. The van der Waals surface area contributed by atoms with Crippen LogP contribution < -0.4 is 14.7 Å². The van der Waals surface area contributed by atoms with Crippen molar-refractivity contribution in [2.75, 3.05) is 14.7 Å². The van der Waals surface area contributed by atoms with E-state index in [1.165, 1.54) is 77.9 Å². The van der Waals surface area contributed by atoms with Gasteiger partial charge in [-0.2, -0.15) is 0 Å². The van der Waals surface area contributed by atoms with Crippen LogP contribution in [0.15, 0.2) is 261 Å². The van der Waals surface area contributed by atoms with E-state index >= 15 is 0 Å². The molecule has 0 saturated carbocycles. The molecule has 0 bridgehead atoms. The maximum Gasteiger partial charge on any atom is 0.0742 e. The SMILES string of the molecule is Cc1ccc(N(c2ccc(C3(c4ccc(N(c5ccc(C)cc5)c5ccc6c(c5)C(C)(C)c5ccccc5-6)cc4)c4ccccc4N(c4ccccc4)c4ccccc43)cc2)c2ccc3c(c2)C(C)(C)c2ccccc2-3)cc1. The summed E-state index contributed by atoms with van der Waals surface area (Å²) in [6.07, 6.45) is 0. The van der Waals surface area contributed by atoms with E-state index in [4.69, 9.17) is 0 Å². The van der Waals surface area contributed by atoms with Crippen LogP contribution in [0.4, 0.5) is 51.2 Å². The van der Waals surface area contributed by atoms with Gasteiger partial charge in [-0.05, 0) is 178 Å². The highest BCUT2D eigenvalue weighted by Gasteiger charge is 2.47. The van der Waals surface area contributed by atoms with Crippen LogP contribution in [0.1, 0.15) is 83.3 Å². The van der Waals surface area contributed by atoms with Crippen molar-refractivity contribution in [1.29, 1.82) is 0 Å². The Morgan fingerprint density at radius 3 is 1.01 bits per heavy atom. The minimum atomic E-state index is -0.717. The Labute approximate surface area is 460 Å². The lowest BCUT2D eigenvalue weighted by Crippen LogP contribution is -2.37. The highest BCUT2D eigenvalue weighted by molar-refractivity contribution is 5.92. The van der Waals surface area contributed by atoms with Crippen LogP contribution in [-0.2, 0) is 16.2 Å². The van der Waals surface area contributed by atoms with Crippen molar-refractivity contribution in [3.63, 3.8) is 0 Å². The smallest absolute Gasteiger partial charge is 0.0742 e.